The minimum absolute atomic E-state index is 0.0570. The van der Waals surface area contributed by atoms with Crippen LogP contribution < -0.4 is 10.6 Å². The maximum atomic E-state index is 13.3. The monoisotopic (exact) mass is 379 g/mol. The summed E-state index contributed by atoms with van der Waals surface area (Å²) in [5.74, 6) is -0.0497. The number of urea groups is 1. The number of hydrogen-bond acceptors (Lipinski definition) is 5. The molecule has 3 N–H and O–H groups in total. The van der Waals surface area contributed by atoms with Gasteiger partial charge in [-0.15, -0.1) is 0 Å². The van der Waals surface area contributed by atoms with Gasteiger partial charge in [0.15, 0.2) is 0 Å². The Kier molecular flexibility index (Phi) is 5.53. The molecule has 0 aliphatic carbocycles. The molecule has 1 aromatic heterocycles. The zero-order valence-electron chi connectivity index (χ0n) is 14.2. The van der Waals surface area contributed by atoms with Gasteiger partial charge in [-0.05, 0) is 29.7 Å². The highest BCUT2D eigenvalue weighted by molar-refractivity contribution is 6.30. The number of amides is 2. The lowest BCUT2D eigenvalue weighted by atomic mass is 10.1. The number of nitrogens with zero attached hydrogens (tertiary/aromatic N) is 3. The smallest absolute Gasteiger partial charge is 0.318 e. The highest BCUT2D eigenvalue weighted by Crippen LogP contribution is 2.22. The van der Waals surface area contributed by atoms with Crippen LogP contribution in [-0.4, -0.2) is 46.2 Å². The minimum atomic E-state index is -0.680. The van der Waals surface area contributed by atoms with Crippen LogP contribution in [0.2, 0.25) is 5.02 Å². The van der Waals surface area contributed by atoms with Gasteiger partial charge in [-0.2, -0.15) is 0 Å². The highest BCUT2D eigenvalue weighted by Gasteiger charge is 2.24. The topological polar surface area (TPSA) is 90.4 Å². The van der Waals surface area contributed by atoms with Gasteiger partial charge in [-0.1, -0.05) is 17.7 Å². The number of halogens is 2. The predicted octanol–water partition coefficient (Wildman–Crippen LogP) is 2.11. The predicted molar refractivity (Wildman–Crippen MR) is 95.5 cm³/mol. The first-order chi connectivity index (χ1) is 12.5. The van der Waals surface area contributed by atoms with E-state index >= 15 is 0 Å². The fourth-order valence-electron chi connectivity index (χ4n) is 2.80. The van der Waals surface area contributed by atoms with Crippen LogP contribution in [0.25, 0.3) is 0 Å². The number of aliphatic hydroxyl groups excluding tert-OH is 1. The van der Waals surface area contributed by atoms with Gasteiger partial charge in [0.2, 0.25) is 5.95 Å². The second-order valence-corrected chi connectivity index (χ2v) is 6.35. The van der Waals surface area contributed by atoms with Crippen molar-refractivity contribution in [2.75, 3.05) is 25.5 Å². The van der Waals surface area contributed by atoms with E-state index in [-0.39, 0.29) is 17.7 Å². The van der Waals surface area contributed by atoms with Crippen LogP contribution >= 0.6 is 11.6 Å². The number of rotatable bonds is 4. The molecule has 138 valence electrons. The molecule has 3 rings (SSSR count). The van der Waals surface area contributed by atoms with Crippen LogP contribution in [0.5, 0.6) is 0 Å². The third-order valence-electron chi connectivity index (χ3n) is 4.28. The van der Waals surface area contributed by atoms with Crippen LogP contribution in [0, 0.1) is 5.82 Å². The van der Waals surface area contributed by atoms with E-state index in [9.17, 15) is 14.3 Å². The molecule has 0 saturated carbocycles. The SMILES string of the molecule is CNc1ncc2c(n1)CN(C(=O)NC(CO)c1ccc(F)c(Cl)c1)CC2. The van der Waals surface area contributed by atoms with Gasteiger partial charge in [-0.3, -0.25) is 0 Å². The van der Waals surface area contributed by atoms with E-state index in [1.165, 1.54) is 18.2 Å². The van der Waals surface area contributed by atoms with E-state index in [2.05, 4.69) is 20.6 Å². The van der Waals surface area contributed by atoms with Gasteiger partial charge >= 0.3 is 6.03 Å². The second-order valence-electron chi connectivity index (χ2n) is 5.95. The van der Waals surface area contributed by atoms with Crippen molar-refractivity contribution < 1.29 is 14.3 Å². The summed E-state index contributed by atoms with van der Waals surface area (Å²) in [5, 5.41) is 15.2. The van der Waals surface area contributed by atoms with Crippen molar-refractivity contribution in [3.05, 3.63) is 52.1 Å². The Hall–Kier alpha value is -2.45. The zero-order valence-corrected chi connectivity index (χ0v) is 14.9. The summed E-state index contributed by atoms with van der Waals surface area (Å²) >= 11 is 5.79. The Morgan fingerprint density at radius 2 is 2.31 bits per heavy atom. The van der Waals surface area contributed by atoms with Crippen molar-refractivity contribution in [2.45, 2.75) is 19.0 Å². The molecule has 1 atom stereocenters. The molecular formula is C17H19ClFN5O2. The molecule has 1 aliphatic heterocycles. The third-order valence-corrected chi connectivity index (χ3v) is 4.57. The summed E-state index contributed by atoms with van der Waals surface area (Å²) < 4.78 is 13.3. The van der Waals surface area contributed by atoms with Crippen LogP contribution in [0.3, 0.4) is 0 Å². The summed E-state index contributed by atoms with van der Waals surface area (Å²) in [6.45, 7) is 0.536. The highest BCUT2D eigenvalue weighted by atomic mass is 35.5. The lowest BCUT2D eigenvalue weighted by Gasteiger charge is -2.30. The number of hydrogen-bond donors (Lipinski definition) is 3. The average molecular weight is 380 g/mol. The largest absolute Gasteiger partial charge is 0.394 e. The van der Waals surface area contributed by atoms with Crippen molar-refractivity contribution in [1.29, 1.82) is 0 Å². The van der Waals surface area contributed by atoms with Gasteiger partial charge in [0.25, 0.3) is 0 Å². The van der Waals surface area contributed by atoms with Crippen molar-refractivity contribution in [1.82, 2.24) is 20.2 Å². The van der Waals surface area contributed by atoms with Crippen molar-refractivity contribution in [3.63, 3.8) is 0 Å². The summed E-state index contributed by atoms with van der Waals surface area (Å²) in [4.78, 5) is 22.8. The first kappa shape index (κ1) is 18.3. The van der Waals surface area contributed by atoms with E-state index in [4.69, 9.17) is 11.6 Å². The molecule has 2 aromatic rings. The molecular weight excluding hydrogens is 361 g/mol. The Bertz CT molecular complexity index is 820. The minimum Gasteiger partial charge on any atom is -0.394 e. The Morgan fingerprint density at radius 3 is 3.00 bits per heavy atom. The van der Waals surface area contributed by atoms with Gasteiger partial charge < -0.3 is 20.6 Å². The molecule has 0 saturated heterocycles. The lowest BCUT2D eigenvalue weighted by Crippen LogP contribution is -2.45. The van der Waals surface area contributed by atoms with Crippen molar-refractivity contribution in [3.8, 4) is 0 Å². The molecule has 2 heterocycles. The van der Waals surface area contributed by atoms with Crippen molar-refractivity contribution >= 4 is 23.6 Å². The first-order valence-electron chi connectivity index (χ1n) is 8.15. The summed E-state index contributed by atoms with van der Waals surface area (Å²) in [6, 6.07) is 3.08. The van der Waals surface area contributed by atoms with Crippen LogP contribution in [0.15, 0.2) is 24.4 Å². The molecule has 7 nitrogen and oxygen atoms in total. The molecule has 1 aliphatic rings. The number of aliphatic hydroxyl groups is 1. The fourth-order valence-corrected chi connectivity index (χ4v) is 2.99. The summed E-state index contributed by atoms with van der Waals surface area (Å²) in [7, 11) is 1.73. The number of aromatic nitrogens is 2. The van der Waals surface area contributed by atoms with Crippen LogP contribution in [-0.2, 0) is 13.0 Å². The molecule has 0 fully saturated rings. The number of anilines is 1. The molecule has 0 radical (unpaired) electrons. The quantitative estimate of drug-likeness (QED) is 0.757. The number of fused-ring (bicyclic) bond motifs is 1. The average Bonchev–Trinajstić information content (AvgIpc) is 2.67. The van der Waals surface area contributed by atoms with E-state index in [0.717, 1.165) is 11.3 Å². The summed E-state index contributed by atoms with van der Waals surface area (Å²) in [5.41, 5.74) is 2.33. The van der Waals surface area contributed by atoms with Crippen LogP contribution in [0.4, 0.5) is 15.1 Å². The van der Waals surface area contributed by atoms with Crippen molar-refractivity contribution in [2.24, 2.45) is 0 Å². The molecule has 9 heteroatoms. The Balaban J connectivity index is 1.71. The van der Waals surface area contributed by atoms with E-state index in [1.807, 2.05) is 0 Å². The molecule has 1 aromatic carbocycles. The summed E-state index contributed by atoms with van der Waals surface area (Å²) in [6.07, 6.45) is 2.42. The maximum absolute atomic E-state index is 13.3. The van der Waals surface area contributed by atoms with Crippen LogP contribution in [0.1, 0.15) is 22.9 Å². The number of carbonyl (C=O) groups is 1. The lowest BCUT2D eigenvalue weighted by molar-refractivity contribution is 0.176. The second kappa shape index (κ2) is 7.84. The number of nitrogens with one attached hydrogen (secondary N) is 2. The Morgan fingerprint density at radius 1 is 1.50 bits per heavy atom. The molecule has 2 amide bonds. The van der Waals surface area contributed by atoms with Gasteiger partial charge in [0.05, 0.1) is 29.9 Å². The van der Waals surface area contributed by atoms with Gasteiger partial charge in [-0.25, -0.2) is 19.2 Å². The zero-order chi connectivity index (χ0) is 18.7. The first-order valence-corrected chi connectivity index (χ1v) is 8.53. The molecule has 26 heavy (non-hydrogen) atoms. The van der Waals surface area contributed by atoms with Gasteiger partial charge in [0, 0.05) is 19.8 Å². The normalized spacial score (nSPS) is 14.5. The molecule has 0 spiro atoms. The molecule has 1 unspecified atom stereocenters. The maximum Gasteiger partial charge on any atom is 0.318 e. The fraction of sp³-hybridized carbons (Fsp3) is 0.353. The van der Waals surface area contributed by atoms with Gasteiger partial charge in [0.1, 0.15) is 5.82 Å². The van der Waals surface area contributed by atoms with E-state index in [1.54, 1.807) is 18.1 Å². The standard InChI is InChI=1S/C17H19ClFN5O2/c1-20-16-21-7-11-4-5-24(8-14(11)22-16)17(26)23-15(9-25)10-2-3-13(19)12(18)6-10/h2-3,6-7,15,25H,4-5,8-9H2,1H3,(H,23,26)(H,20,21,22). The number of benzene rings is 1. The Labute approximate surface area is 155 Å². The van der Waals surface area contributed by atoms with E-state index in [0.29, 0.717) is 31.0 Å². The van der Waals surface area contributed by atoms with E-state index < -0.39 is 11.9 Å². The molecule has 0 bridgehead atoms. The number of carbonyl (C=O) groups excluding carboxylic acids is 1. The third kappa shape index (κ3) is 3.86.